The molecule has 7 nitrogen and oxygen atoms in total. The molecule has 3 aromatic rings. The Morgan fingerprint density at radius 2 is 2.10 bits per heavy atom. The largest absolute Gasteiger partial charge is 0.472 e. The van der Waals surface area contributed by atoms with Crippen LogP contribution in [0.1, 0.15) is 24.0 Å². The molecule has 30 heavy (non-hydrogen) atoms. The Hall–Kier alpha value is -2.93. The minimum absolute atomic E-state index is 0.0635. The number of methoxy groups -OCH3 is 1. The standard InChI is InChI=1S/C23H28N4O3/c1-14-5-6-16(9-15(14)2)18-11-19-22(27(3)13-25-19)23(26-18)30-20(7-8-29-4)17-10-21(28)24-12-17/h5-6,9,11,13,17,20H,7-8,10,12H2,1-4H3,(H,24,28). The molecule has 158 valence electrons. The molecule has 1 aliphatic rings. The van der Waals surface area contributed by atoms with E-state index in [9.17, 15) is 4.79 Å². The molecule has 0 saturated carbocycles. The first kappa shape index (κ1) is 20.3. The number of fused-ring (bicyclic) bond motifs is 1. The molecule has 4 rings (SSSR count). The van der Waals surface area contributed by atoms with Gasteiger partial charge in [-0.25, -0.2) is 9.97 Å². The highest BCUT2D eigenvalue weighted by Gasteiger charge is 2.32. The summed E-state index contributed by atoms with van der Waals surface area (Å²) in [4.78, 5) is 21.2. The molecule has 1 saturated heterocycles. The predicted molar refractivity (Wildman–Crippen MR) is 115 cm³/mol. The number of nitrogens with zero attached hydrogens (tertiary/aromatic N) is 3. The third-order valence-electron chi connectivity index (χ3n) is 5.87. The third kappa shape index (κ3) is 4.03. The van der Waals surface area contributed by atoms with Gasteiger partial charge in [-0.2, -0.15) is 0 Å². The summed E-state index contributed by atoms with van der Waals surface area (Å²) < 4.78 is 13.7. The molecule has 7 heteroatoms. The summed E-state index contributed by atoms with van der Waals surface area (Å²) in [5, 5.41) is 2.91. The molecule has 0 bridgehead atoms. The van der Waals surface area contributed by atoms with Crippen LogP contribution in [-0.2, 0) is 16.6 Å². The summed E-state index contributed by atoms with van der Waals surface area (Å²) in [6, 6.07) is 8.31. The van der Waals surface area contributed by atoms with E-state index in [2.05, 4.69) is 42.3 Å². The minimum Gasteiger partial charge on any atom is -0.472 e. The molecular weight excluding hydrogens is 380 g/mol. The number of aromatic nitrogens is 3. The fourth-order valence-corrected chi connectivity index (χ4v) is 3.93. The van der Waals surface area contributed by atoms with Gasteiger partial charge in [0.05, 0.1) is 17.5 Å². The van der Waals surface area contributed by atoms with Gasteiger partial charge in [0, 0.05) is 51.6 Å². The zero-order valence-electron chi connectivity index (χ0n) is 17.9. The van der Waals surface area contributed by atoms with Crippen LogP contribution in [0.25, 0.3) is 22.3 Å². The van der Waals surface area contributed by atoms with Crippen molar-refractivity contribution in [1.29, 1.82) is 0 Å². The number of aryl methyl sites for hydroxylation is 3. The van der Waals surface area contributed by atoms with Crippen molar-refractivity contribution < 1.29 is 14.3 Å². The van der Waals surface area contributed by atoms with Gasteiger partial charge in [-0.05, 0) is 37.1 Å². The van der Waals surface area contributed by atoms with Crippen molar-refractivity contribution in [2.75, 3.05) is 20.3 Å². The molecule has 1 aliphatic heterocycles. The molecule has 0 aliphatic carbocycles. The van der Waals surface area contributed by atoms with Crippen LogP contribution in [0.5, 0.6) is 5.88 Å². The number of nitrogens with one attached hydrogen (secondary N) is 1. The first-order valence-electron chi connectivity index (χ1n) is 10.3. The summed E-state index contributed by atoms with van der Waals surface area (Å²) in [6.07, 6.45) is 2.74. The van der Waals surface area contributed by atoms with Crippen molar-refractivity contribution in [3.05, 3.63) is 41.7 Å². The van der Waals surface area contributed by atoms with E-state index >= 15 is 0 Å². The normalized spacial score (nSPS) is 17.3. The lowest BCUT2D eigenvalue weighted by atomic mass is 9.99. The summed E-state index contributed by atoms with van der Waals surface area (Å²) in [5.41, 5.74) is 6.00. The smallest absolute Gasteiger partial charge is 0.241 e. The number of amides is 1. The fraction of sp³-hybridized carbons (Fsp3) is 0.435. The number of carbonyl (C=O) groups is 1. The number of carbonyl (C=O) groups excluding carboxylic acids is 1. The Balaban J connectivity index is 1.74. The predicted octanol–water partition coefficient (Wildman–Crippen LogP) is 3.17. The maximum atomic E-state index is 11.8. The SMILES string of the molecule is COCCC(Oc1nc(-c2ccc(C)c(C)c2)cc2ncn(C)c12)C1CNC(=O)C1. The Morgan fingerprint density at radius 3 is 2.80 bits per heavy atom. The maximum Gasteiger partial charge on any atom is 0.241 e. The van der Waals surface area contributed by atoms with Gasteiger partial charge in [0.2, 0.25) is 11.8 Å². The number of hydrogen-bond acceptors (Lipinski definition) is 5. The molecule has 1 aromatic carbocycles. The second kappa shape index (κ2) is 8.44. The van der Waals surface area contributed by atoms with Crippen molar-refractivity contribution >= 4 is 16.9 Å². The summed E-state index contributed by atoms with van der Waals surface area (Å²) in [7, 11) is 3.61. The van der Waals surface area contributed by atoms with Gasteiger partial charge in [-0.15, -0.1) is 0 Å². The van der Waals surface area contributed by atoms with E-state index < -0.39 is 0 Å². The van der Waals surface area contributed by atoms with Crippen molar-refractivity contribution in [1.82, 2.24) is 19.9 Å². The molecule has 1 amide bonds. The van der Waals surface area contributed by atoms with E-state index in [4.69, 9.17) is 14.5 Å². The van der Waals surface area contributed by atoms with Gasteiger partial charge in [0.25, 0.3) is 0 Å². The van der Waals surface area contributed by atoms with Gasteiger partial charge in [0.15, 0.2) is 0 Å². The first-order valence-corrected chi connectivity index (χ1v) is 10.3. The minimum atomic E-state index is -0.176. The lowest BCUT2D eigenvalue weighted by Gasteiger charge is -2.24. The van der Waals surface area contributed by atoms with Crippen molar-refractivity contribution in [3.8, 4) is 17.1 Å². The number of benzene rings is 1. The quantitative estimate of drug-likeness (QED) is 0.650. The average molecular weight is 409 g/mol. The van der Waals surface area contributed by atoms with Crippen LogP contribution in [0.15, 0.2) is 30.6 Å². The second-order valence-corrected chi connectivity index (χ2v) is 8.04. The number of pyridine rings is 1. The zero-order chi connectivity index (χ0) is 21.3. The van der Waals surface area contributed by atoms with E-state index in [-0.39, 0.29) is 17.9 Å². The van der Waals surface area contributed by atoms with Gasteiger partial charge >= 0.3 is 0 Å². The number of rotatable bonds is 7. The van der Waals surface area contributed by atoms with Crippen LogP contribution in [0, 0.1) is 19.8 Å². The fourth-order valence-electron chi connectivity index (χ4n) is 3.93. The molecule has 2 atom stereocenters. The molecule has 0 spiro atoms. The van der Waals surface area contributed by atoms with Gasteiger partial charge < -0.3 is 19.4 Å². The van der Waals surface area contributed by atoms with Crippen LogP contribution in [0.3, 0.4) is 0 Å². The Labute approximate surface area is 176 Å². The summed E-state index contributed by atoms with van der Waals surface area (Å²) in [5.74, 6) is 0.692. The van der Waals surface area contributed by atoms with Crippen molar-refractivity contribution in [2.45, 2.75) is 32.8 Å². The van der Waals surface area contributed by atoms with Crippen LogP contribution in [-0.4, -0.2) is 46.8 Å². The monoisotopic (exact) mass is 408 g/mol. The van der Waals surface area contributed by atoms with Gasteiger partial charge in [-0.3, -0.25) is 4.79 Å². The van der Waals surface area contributed by atoms with Crippen molar-refractivity contribution in [2.24, 2.45) is 13.0 Å². The summed E-state index contributed by atoms with van der Waals surface area (Å²) >= 11 is 0. The number of ether oxygens (including phenoxy) is 2. The van der Waals surface area contributed by atoms with Crippen LogP contribution >= 0.6 is 0 Å². The number of hydrogen-bond donors (Lipinski definition) is 1. The molecule has 3 heterocycles. The van der Waals surface area contributed by atoms with Crippen molar-refractivity contribution in [3.63, 3.8) is 0 Å². The maximum absolute atomic E-state index is 11.8. The zero-order valence-corrected chi connectivity index (χ0v) is 17.9. The van der Waals surface area contributed by atoms with Crippen LogP contribution in [0.4, 0.5) is 0 Å². The topological polar surface area (TPSA) is 78.3 Å². The lowest BCUT2D eigenvalue weighted by molar-refractivity contribution is -0.119. The van der Waals surface area contributed by atoms with Crippen LogP contribution < -0.4 is 10.1 Å². The van der Waals surface area contributed by atoms with E-state index in [1.807, 2.05) is 17.7 Å². The highest BCUT2D eigenvalue weighted by molar-refractivity contribution is 5.84. The molecule has 1 fully saturated rings. The highest BCUT2D eigenvalue weighted by atomic mass is 16.5. The van der Waals surface area contributed by atoms with E-state index in [0.717, 1.165) is 22.3 Å². The van der Waals surface area contributed by atoms with E-state index in [1.54, 1.807) is 13.4 Å². The lowest BCUT2D eigenvalue weighted by Crippen LogP contribution is -2.30. The Kier molecular flexibility index (Phi) is 5.72. The van der Waals surface area contributed by atoms with E-state index in [0.29, 0.717) is 31.9 Å². The summed E-state index contributed by atoms with van der Waals surface area (Å²) in [6.45, 7) is 5.36. The molecule has 2 unspecified atom stereocenters. The van der Waals surface area contributed by atoms with E-state index in [1.165, 1.54) is 11.1 Å². The highest BCUT2D eigenvalue weighted by Crippen LogP contribution is 2.32. The second-order valence-electron chi connectivity index (χ2n) is 8.04. The van der Waals surface area contributed by atoms with Gasteiger partial charge in [-0.1, -0.05) is 12.1 Å². The molecule has 2 aromatic heterocycles. The molecule has 0 radical (unpaired) electrons. The average Bonchev–Trinajstić information content (AvgIpc) is 3.33. The molecular formula is C23H28N4O3. The first-order chi connectivity index (χ1) is 14.5. The Morgan fingerprint density at radius 1 is 1.27 bits per heavy atom. The van der Waals surface area contributed by atoms with Gasteiger partial charge in [0.1, 0.15) is 11.6 Å². The van der Waals surface area contributed by atoms with Crippen LogP contribution in [0.2, 0.25) is 0 Å². The number of imidazole rings is 1. The Bertz CT molecular complexity index is 1080. The molecule has 1 N–H and O–H groups in total. The third-order valence-corrected chi connectivity index (χ3v) is 5.87.